The van der Waals surface area contributed by atoms with Gasteiger partial charge in [0.15, 0.2) is 11.7 Å². The van der Waals surface area contributed by atoms with E-state index in [0.717, 1.165) is 30.2 Å². The number of rotatable bonds is 6. The Balaban J connectivity index is 1.93. The smallest absolute Gasteiger partial charge is 0.192 e. The second-order valence-corrected chi connectivity index (χ2v) is 4.49. The maximum Gasteiger partial charge on any atom is 0.192 e. The van der Waals surface area contributed by atoms with Crippen molar-refractivity contribution in [2.24, 2.45) is 12.0 Å². The van der Waals surface area contributed by atoms with Crippen LogP contribution in [0, 0.1) is 0 Å². The van der Waals surface area contributed by atoms with Gasteiger partial charge in [0.1, 0.15) is 18.7 Å². The van der Waals surface area contributed by atoms with Gasteiger partial charge in [-0.3, -0.25) is 4.68 Å². The Hall–Kier alpha value is -2.38. The van der Waals surface area contributed by atoms with Gasteiger partial charge in [-0.15, -0.1) is 0 Å². The lowest BCUT2D eigenvalue weighted by atomic mass is 10.3. The number of hydrogen-bond donors (Lipinski definition) is 2. The fourth-order valence-corrected chi connectivity index (χ4v) is 1.73. The molecule has 2 aromatic rings. The summed E-state index contributed by atoms with van der Waals surface area (Å²) >= 11 is 0. The van der Waals surface area contributed by atoms with Crippen molar-refractivity contribution in [2.75, 3.05) is 6.54 Å². The molecular formula is C13H21N7O. The van der Waals surface area contributed by atoms with Crippen molar-refractivity contribution in [3.05, 3.63) is 29.7 Å². The molecule has 0 atom stereocenters. The number of hydrogen-bond acceptors (Lipinski definition) is 5. The summed E-state index contributed by atoms with van der Waals surface area (Å²) in [5.74, 6) is 2.30. The Kier molecular flexibility index (Phi) is 5.30. The molecular weight excluding hydrogens is 270 g/mol. The minimum atomic E-state index is 0.461. The van der Waals surface area contributed by atoms with Crippen LogP contribution >= 0.6 is 0 Å². The van der Waals surface area contributed by atoms with Crippen LogP contribution in [0.4, 0.5) is 0 Å². The van der Waals surface area contributed by atoms with Gasteiger partial charge in [0, 0.05) is 19.7 Å². The number of nitrogens with one attached hydrogen (secondary N) is 2. The van der Waals surface area contributed by atoms with Gasteiger partial charge < -0.3 is 15.2 Å². The molecule has 8 nitrogen and oxygen atoms in total. The summed E-state index contributed by atoms with van der Waals surface area (Å²) in [6.45, 7) is 5.84. The number of nitrogens with zero attached hydrogens (tertiary/aromatic N) is 5. The van der Waals surface area contributed by atoms with Gasteiger partial charge in [-0.2, -0.15) is 5.10 Å². The van der Waals surface area contributed by atoms with E-state index in [1.165, 1.54) is 6.33 Å². The van der Waals surface area contributed by atoms with Crippen molar-refractivity contribution in [3.63, 3.8) is 0 Å². The average Bonchev–Trinajstić information content (AvgIpc) is 3.11. The van der Waals surface area contributed by atoms with Crippen LogP contribution in [-0.4, -0.2) is 32.4 Å². The average molecular weight is 291 g/mol. The third-order valence-corrected chi connectivity index (χ3v) is 2.93. The highest BCUT2D eigenvalue weighted by Crippen LogP contribution is 2.03. The molecule has 2 aromatic heterocycles. The molecule has 2 heterocycles. The molecule has 0 amide bonds. The van der Waals surface area contributed by atoms with Gasteiger partial charge in [0.25, 0.3) is 0 Å². The largest absolute Gasteiger partial charge is 0.359 e. The van der Waals surface area contributed by atoms with Gasteiger partial charge in [-0.05, 0) is 13.3 Å². The van der Waals surface area contributed by atoms with E-state index < -0.39 is 0 Å². The van der Waals surface area contributed by atoms with E-state index in [0.29, 0.717) is 19.0 Å². The normalized spacial score (nSPS) is 11.7. The van der Waals surface area contributed by atoms with Gasteiger partial charge in [-0.25, -0.2) is 9.98 Å². The fourth-order valence-electron chi connectivity index (χ4n) is 1.73. The maximum absolute atomic E-state index is 5.23. The van der Waals surface area contributed by atoms with Crippen molar-refractivity contribution >= 4 is 5.96 Å². The van der Waals surface area contributed by atoms with Crippen LogP contribution in [0.5, 0.6) is 0 Å². The zero-order valence-corrected chi connectivity index (χ0v) is 12.6. The van der Waals surface area contributed by atoms with Crippen LogP contribution in [0.3, 0.4) is 0 Å². The Morgan fingerprint density at radius 3 is 2.86 bits per heavy atom. The first-order valence-corrected chi connectivity index (χ1v) is 7.02. The summed E-state index contributed by atoms with van der Waals surface area (Å²) in [6.07, 6.45) is 2.38. The van der Waals surface area contributed by atoms with Crippen LogP contribution in [0.1, 0.15) is 31.1 Å². The Labute approximate surface area is 123 Å². The van der Waals surface area contributed by atoms with E-state index in [-0.39, 0.29) is 0 Å². The van der Waals surface area contributed by atoms with E-state index in [2.05, 4.69) is 30.9 Å². The lowest BCUT2D eigenvalue weighted by molar-refractivity contribution is 0.374. The van der Waals surface area contributed by atoms with Gasteiger partial charge in [0.2, 0.25) is 0 Å². The van der Waals surface area contributed by atoms with Crippen LogP contribution in [0.25, 0.3) is 0 Å². The molecule has 0 aliphatic rings. The van der Waals surface area contributed by atoms with Crippen molar-refractivity contribution in [3.8, 4) is 0 Å². The molecule has 2 N–H and O–H groups in total. The molecule has 0 saturated heterocycles. The second-order valence-electron chi connectivity index (χ2n) is 4.49. The zero-order chi connectivity index (χ0) is 15.1. The van der Waals surface area contributed by atoms with Gasteiger partial charge in [-0.1, -0.05) is 12.1 Å². The SMILES string of the molecule is CCNC(=NCc1ncnn1C)NCc1cc(CC)no1. The third kappa shape index (κ3) is 4.30. The monoisotopic (exact) mass is 291 g/mol. The number of aromatic nitrogens is 4. The maximum atomic E-state index is 5.23. The molecule has 2 rings (SSSR count). The zero-order valence-electron chi connectivity index (χ0n) is 12.6. The molecule has 0 aliphatic carbocycles. The molecule has 0 unspecified atom stereocenters. The standard InChI is InChI=1S/C13H21N7O/c1-4-10-6-11(21-19-10)7-15-13(14-5-2)16-8-12-17-9-18-20(12)3/h6,9H,4-5,7-8H2,1-3H3,(H2,14,15,16). The second kappa shape index (κ2) is 7.41. The summed E-state index contributed by atoms with van der Waals surface area (Å²) in [7, 11) is 1.85. The lowest BCUT2D eigenvalue weighted by Crippen LogP contribution is -2.36. The number of guanidine groups is 1. The van der Waals surface area contributed by atoms with E-state index in [9.17, 15) is 0 Å². The van der Waals surface area contributed by atoms with E-state index in [1.54, 1.807) is 4.68 Å². The van der Waals surface area contributed by atoms with E-state index >= 15 is 0 Å². The van der Waals surface area contributed by atoms with Gasteiger partial charge in [0.05, 0.1) is 12.2 Å². The molecule has 8 heteroatoms. The molecule has 0 spiro atoms. The topological polar surface area (TPSA) is 93.2 Å². The Morgan fingerprint density at radius 2 is 2.24 bits per heavy atom. The first-order valence-electron chi connectivity index (χ1n) is 7.02. The summed E-state index contributed by atoms with van der Waals surface area (Å²) in [6, 6.07) is 1.94. The minimum Gasteiger partial charge on any atom is -0.359 e. The minimum absolute atomic E-state index is 0.461. The van der Waals surface area contributed by atoms with Crippen LogP contribution in [0.2, 0.25) is 0 Å². The summed E-state index contributed by atoms with van der Waals surface area (Å²) in [5, 5.41) is 14.4. The van der Waals surface area contributed by atoms with Crippen molar-refractivity contribution in [1.29, 1.82) is 0 Å². The molecule has 0 aliphatic heterocycles. The summed E-state index contributed by atoms with van der Waals surface area (Å²) < 4.78 is 6.94. The molecule has 0 bridgehead atoms. The van der Waals surface area contributed by atoms with Gasteiger partial charge >= 0.3 is 0 Å². The van der Waals surface area contributed by atoms with Crippen LogP contribution in [-0.2, 0) is 26.6 Å². The lowest BCUT2D eigenvalue weighted by Gasteiger charge is -2.09. The fraction of sp³-hybridized carbons (Fsp3) is 0.538. The molecule has 0 radical (unpaired) electrons. The number of aryl methyl sites for hydroxylation is 2. The first-order chi connectivity index (χ1) is 10.2. The predicted molar refractivity (Wildman–Crippen MR) is 78.5 cm³/mol. The van der Waals surface area contributed by atoms with Crippen LogP contribution in [0.15, 0.2) is 21.9 Å². The van der Waals surface area contributed by atoms with Crippen LogP contribution < -0.4 is 10.6 Å². The third-order valence-electron chi connectivity index (χ3n) is 2.93. The molecule has 114 valence electrons. The van der Waals surface area contributed by atoms with Crippen molar-refractivity contribution in [1.82, 2.24) is 30.6 Å². The predicted octanol–water partition coefficient (Wildman–Crippen LogP) is 0.621. The number of aliphatic imine (C=N–C) groups is 1. The summed E-state index contributed by atoms with van der Waals surface area (Å²) in [4.78, 5) is 8.61. The molecule has 0 fully saturated rings. The van der Waals surface area contributed by atoms with Crippen molar-refractivity contribution < 1.29 is 4.52 Å². The highest BCUT2D eigenvalue weighted by Gasteiger charge is 2.05. The molecule has 0 saturated carbocycles. The Bertz CT molecular complexity index is 587. The molecule has 21 heavy (non-hydrogen) atoms. The van der Waals surface area contributed by atoms with E-state index in [4.69, 9.17) is 4.52 Å². The highest BCUT2D eigenvalue weighted by molar-refractivity contribution is 5.79. The first kappa shape index (κ1) is 15.0. The van der Waals surface area contributed by atoms with E-state index in [1.807, 2.05) is 27.0 Å². The molecule has 0 aromatic carbocycles. The van der Waals surface area contributed by atoms with Crippen molar-refractivity contribution in [2.45, 2.75) is 33.4 Å². The summed E-state index contributed by atoms with van der Waals surface area (Å²) in [5.41, 5.74) is 0.952. The highest BCUT2D eigenvalue weighted by atomic mass is 16.5. The quantitative estimate of drug-likeness (QED) is 0.598. The Morgan fingerprint density at radius 1 is 1.38 bits per heavy atom.